The smallest absolute Gasteiger partial charge is 0.335 e. The predicted molar refractivity (Wildman–Crippen MR) is 105 cm³/mol. The predicted octanol–water partition coefficient (Wildman–Crippen LogP) is 3.83. The topological polar surface area (TPSA) is 83.6 Å². The van der Waals surface area contributed by atoms with Crippen LogP contribution in [0.5, 0.6) is 0 Å². The Morgan fingerprint density at radius 1 is 1.07 bits per heavy atom. The highest BCUT2D eigenvalue weighted by atomic mass is 16.4. The molecule has 5 heteroatoms. The van der Waals surface area contributed by atoms with Crippen LogP contribution < -0.4 is 10.6 Å². The van der Waals surface area contributed by atoms with E-state index in [2.05, 4.69) is 6.92 Å². The molecule has 4 rings (SSSR count). The summed E-state index contributed by atoms with van der Waals surface area (Å²) in [5.74, 6) is -0.138. The Labute approximate surface area is 158 Å². The quantitative estimate of drug-likeness (QED) is 0.867. The van der Waals surface area contributed by atoms with Gasteiger partial charge in [-0.05, 0) is 65.6 Å². The van der Waals surface area contributed by atoms with Gasteiger partial charge in [-0.3, -0.25) is 4.79 Å². The van der Waals surface area contributed by atoms with Gasteiger partial charge in [-0.15, -0.1) is 0 Å². The van der Waals surface area contributed by atoms with E-state index in [4.69, 9.17) is 10.8 Å². The van der Waals surface area contributed by atoms with Crippen LogP contribution in [0.3, 0.4) is 0 Å². The molecule has 0 aromatic heterocycles. The zero-order chi connectivity index (χ0) is 19.3. The van der Waals surface area contributed by atoms with Gasteiger partial charge in [0.1, 0.15) is 0 Å². The van der Waals surface area contributed by atoms with Crippen molar-refractivity contribution in [1.29, 1.82) is 0 Å². The monoisotopic (exact) mass is 364 g/mol. The zero-order valence-electron chi connectivity index (χ0n) is 15.6. The third-order valence-electron chi connectivity index (χ3n) is 5.96. The zero-order valence-corrected chi connectivity index (χ0v) is 15.6. The van der Waals surface area contributed by atoms with Crippen LogP contribution in [0.1, 0.15) is 48.7 Å². The van der Waals surface area contributed by atoms with Crippen LogP contribution in [-0.4, -0.2) is 23.0 Å². The molecule has 2 unspecified atom stereocenters. The van der Waals surface area contributed by atoms with E-state index in [1.54, 1.807) is 31.2 Å². The SMILES string of the molecule is CC(=O)N1c2ccc(-c3ccc(C(=O)O)cc3)cc2[C@H](N)C(C)C1C1CC1. The summed E-state index contributed by atoms with van der Waals surface area (Å²) < 4.78 is 0. The van der Waals surface area contributed by atoms with Crippen LogP contribution >= 0.6 is 0 Å². The molecule has 0 saturated heterocycles. The van der Waals surface area contributed by atoms with Gasteiger partial charge in [0.2, 0.25) is 5.91 Å². The van der Waals surface area contributed by atoms with Crippen molar-refractivity contribution in [3.8, 4) is 11.1 Å². The average molecular weight is 364 g/mol. The van der Waals surface area contributed by atoms with E-state index in [1.807, 2.05) is 23.1 Å². The third kappa shape index (κ3) is 3.02. The molecule has 5 nitrogen and oxygen atoms in total. The normalized spacial score (nSPS) is 24.4. The molecule has 140 valence electrons. The van der Waals surface area contributed by atoms with Crippen LogP contribution in [0.25, 0.3) is 11.1 Å². The number of nitrogens with zero attached hydrogens (tertiary/aromatic N) is 1. The largest absolute Gasteiger partial charge is 0.478 e. The molecule has 2 aliphatic rings. The molecule has 1 fully saturated rings. The molecule has 2 aromatic rings. The molecule has 1 heterocycles. The molecule has 27 heavy (non-hydrogen) atoms. The maximum Gasteiger partial charge on any atom is 0.335 e. The number of rotatable bonds is 3. The van der Waals surface area contributed by atoms with Crippen LogP contribution in [0, 0.1) is 11.8 Å². The fraction of sp³-hybridized carbons (Fsp3) is 0.364. The Morgan fingerprint density at radius 2 is 1.70 bits per heavy atom. The lowest BCUT2D eigenvalue weighted by molar-refractivity contribution is -0.117. The minimum absolute atomic E-state index is 0.0606. The van der Waals surface area contributed by atoms with Gasteiger partial charge in [-0.1, -0.05) is 25.1 Å². The van der Waals surface area contributed by atoms with E-state index in [1.165, 1.54) is 0 Å². The maximum atomic E-state index is 12.4. The summed E-state index contributed by atoms with van der Waals surface area (Å²) in [6.45, 7) is 3.77. The second-order valence-electron chi connectivity index (χ2n) is 7.76. The number of benzene rings is 2. The lowest BCUT2D eigenvalue weighted by atomic mass is 9.79. The molecule has 0 bridgehead atoms. The fourth-order valence-corrected chi connectivity index (χ4v) is 4.37. The summed E-state index contributed by atoms with van der Waals surface area (Å²) in [5.41, 5.74) is 10.7. The molecule has 1 aliphatic carbocycles. The number of carbonyl (C=O) groups is 2. The first kappa shape index (κ1) is 17.7. The summed E-state index contributed by atoms with van der Waals surface area (Å²) in [4.78, 5) is 25.4. The Kier molecular flexibility index (Phi) is 4.27. The van der Waals surface area contributed by atoms with Crippen molar-refractivity contribution in [2.75, 3.05) is 4.90 Å². The molecule has 1 amide bonds. The average Bonchev–Trinajstić information content (AvgIpc) is 3.48. The van der Waals surface area contributed by atoms with Gasteiger partial charge in [-0.2, -0.15) is 0 Å². The fourth-order valence-electron chi connectivity index (χ4n) is 4.37. The van der Waals surface area contributed by atoms with E-state index in [9.17, 15) is 9.59 Å². The standard InChI is InChI=1S/C22H24N2O3/c1-12-20(23)18-11-17(14-3-7-16(8-4-14)22(26)27)9-10-19(18)24(13(2)25)21(12)15-5-6-15/h3-4,7-12,15,20-21H,5-6,23H2,1-2H3,(H,26,27)/t12?,20-,21?/m1/s1. The van der Waals surface area contributed by atoms with Crippen LogP contribution in [-0.2, 0) is 4.79 Å². The van der Waals surface area contributed by atoms with E-state index in [0.717, 1.165) is 35.2 Å². The van der Waals surface area contributed by atoms with Gasteiger partial charge in [0.05, 0.1) is 5.56 Å². The Morgan fingerprint density at radius 3 is 2.26 bits per heavy atom. The van der Waals surface area contributed by atoms with Gasteiger partial charge in [0.15, 0.2) is 0 Å². The number of fused-ring (bicyclic) bond motifs is 1. The highest BCUT2D eigenvalue weighted by molar-refractivity contribution is 5.94. The van der Waals surface area contributed by atoms with Crippen molar-refractivity contribution in [2.24, 2.45) is 17.6 Å². The summed E-state index contributed by atoms with van der Waals surface area (Å²) in [6.07, 6.45) is 2.32. The lowest BCUT2D eigenvalue weighted by Gasteiger charge is -2.44. The number of carboxylic acid groups (broad SMARTS) is 1. The number of hydrogen-bond acceptors (Lipinski definition) is 3. The summed E-state index contributed by atoms with van der Waals surface area (Å²) in [6, 6.07) is 12.9. The molecule has 3 atom stereocenters. The lowest BCUT2D eigenvalue weighted by Crippen LogP contribution is -2.51. The Balaban J connectivity index is 1.76. The summed E-state index contributed by atoms with van der Waals surface area (Å²) in [7, 11) is 0. The number of anilines is 1. The van der Waals surface area contributed by atoms with Crippen LogP contribution in [0.15, 0.2) is 42.5 Å². The van der Waals surface area contributed by atoms with E-state index in [-0.39, 0.29) is 29.5 Å². The summed E-state index contributed by atoms with van der Waals surface area (Å²) >= 11 is 0. The number of aromatic carboxylic acids is 1. The van der Waals surface area contributed by atoms with Crippen LogP contribution in [0.2, 0.25) is 0 Å². The van der Waals surface area contributed by atoms with Gasteiger partial charge in [-0.25, -0.2) is 4.79 Å². The number of carbonyl (C=O) groups excluding carboxylic acids is 1. The first-order valence-electron chi connectivity index (χ1n) is 9.41. The minimum atomic E-state index is -0.939. The molecular formula is C22H24N2O3. The van der Waals surface area contributed by atoms with Crippen molar-refractivity contribution < 1.29 is 14.7 Å². The molecule has 0 spiro atoms. The highest BCUT2D eigenvalue weighted by Gasteiger charge is 2.46. The minimum Gasteiger partial charge on any atom is -0.478 e. The van der Waals surface area contributed by atoms with Crippen molar-refractivity contribution in [2.45, 2.75) is 38.8 Å². The number of nitrogens with two attached hydrogens (primary N) is 1. The third-order valence-corrected chi connectivity index (χ3v) is 5.96. The van der Waals surface area contributed by atoms with E-state index < -0.39 is 5.97 Å². The molecule has 3 N–H and O–H groups in total. The van der Waals surface area contributed by atoms with Gasteiger partial charge < -0.3 is 15.7 Å². The van der Waals surface area contributed by atoms with Crippen molar-refractivity contribution >= 4 is 17.6 Å². The van der Waals surface area contributed by atoms with Gasteiger partial charge >= 0.3 is 5.97 Å². The van der Waals surface area contributed by atoms with Crippen molar-refractivity contribution in [1.82, 2.24) is 0 Å². The Hall–Kier alpha value is -2.66. The highest BCUT2D eigenvalue weighted by Crippen LogP contribution is 2.49. The molecule has 2 aromatic carbocycles. The van der Waals surface area contributed by atoms with E-state index in [0.29, 0.717) is 5.92 Å². The van der Waals surface area contributed by atoms with Crippen molar-refractivity contribution in [3.05, 3.63) is 53.6 Å². The molecule has 1 aliphatic heterocycles. The molecule has 1 saturated carbocycles. The Bertz CT molecular complexity index is 902. The first-order chi connectivity index (χ1) is 12.9. The number of amides is 1. The van der Waals surface area contributed by atoms with Gasteiger partial charge in [0.25, 0.3) is 0 Å². The molecule has 0 radical (unpaired) electrons. The second kappa shape index (κ2) is 6.50. The van der Waals surface area contributed by atoms with Gasteiger partial charge in [0, 0.05) is 24.7 Å². The first-order valence-corrected chi connectivity index (χ1v) is 9.41. The molecular weight excluding hydrogens is 340 g/mol. The van der Waals surface area contributed by atoms with Crippen LogP contribution in [0.4, 0.5) is 5.69 Å². The van der Waals surface area contributed by atoms with E-state index >= 15 is 0 Å². The van der Waals surface area contributed by atoms with Crippen molar-refractivity contribution in [3.63, 3.8) is 0 Å². The summed E-state index contributed by atoms with van der Waals surface area (Å²) in [5, 5.41) is 9.07. The second-order valence-corrected chi connectivity index (χ2v) is 7.76. The number of carboxylic acids is 1. The number of hydrogen-bond donors (Lipinski definition) is 2. The maximum absolute atomic E-state index is 12.4.